The lowest BCUT2D eigenvalue weighted by atomic mass is 10.1. The average molecular weight is 268 g/mol. The molecule has 18 heavy (non-hydrogen) atoms. The van der Waals surface area contributed by atoms with Gasteiger partial charge in [-0.05, 0) is 25.5 Å². The highest BCUT2D eigenvalue weighted by atomic mass is 32.2. The Balaban J connectivity index is 1.96. The van der Waals surface area contributed by atoms with Crippen LogP contribution in [-0.4, -0.2) is 30.8 Å². The van der Waals surface area contributed by atoms with E-state index in [4.69, 9.17) is 0 Å². The number of nitrogens with zero attached hydrogens (tertiary/aromatic N) is 1. The molecule has 2 heterocycles. The van der Waals surface area contributed by atoms with Crippen molar-refractivity contribution in [1.82, 2.24) is 10.3 Å². The highest BCUT2D eigenvalue weighted by Crippen LogP contribution is 2.19. The lowest BCUT2D eigenvalue weighted by Gasteiger charge is -2.15. The van der Waals surface area contributed by atoms with Crippen molar-refractivity contribution in [2.75, 3.05) is 11.5 Å². The van der Waals surface area contributed by atoms with Crippen molar-refractivity contribution in [3.63, 3.8) is 0 Å². The molecule has 5 nitrogen and oxygen atoms in total. The second-order valence-corrected chi connectivity index (χ2v) is 6.81. The van der Waals surface area contributed by atoms with Crippen LogP contribution in [0, 0.1) is 5.92 Å². The normalized spacial score (nSPS) is 23.5. The highest BCUT2D eigenvalue weighted by Gasteiger charge is 2.33. The molecule has 1 aliphatic rings. The van der Waals surface area contributed by atoms with E-state index in [1.165, 1.54) is 0 Å². The molecule has 0 saturated carbocycles. The summed E-state index contributed by atoms with van der Waals surface area (Å²) >= 11 is 0. The molecule has 0 spiro atoms. The Morgan fingerprint density at radius 2 is 2.28 bits per heavy atom. The molecule has 0 radical (unpaired) electrons. The molecule has 6 heteroatoms. The number of amides is 1. The first-order valence-corrected chi connectivity index (χ1v) is 7.72. The molecule has 0 aromatic carbocycles. The summed E-state index contributed by atoms with van der Waals surface area (Å²) in [6.07, 6.45) is 2.08. The van der Waals surface area contributed by atoms with Crippen molar-refractivity contribution in [3.8, 4) is 0 Å². The monoisotopic (exact) mass is 268 g/mol. The van der Waals surface area contributed by atoms with Gasteiger partial charge in [0.2, 0.25) is 5.91 Å². The third-order valence-corrected chi connectivity index (χ3v) is 4.86. The Morgan fingerprint density at radius 1 is 1.50 bits per heavy atom. The predicted octanol–water partition coefficient (Wildman–Crippen LogP) is 0.693. The number of rotatable bonds is 3. The van der Waals surface area contributed by atoms with Crippen LogP contribution in [0.3, 0.4) is 0 Å². The van der Waals surface area contributed by atoms with Crippen molar-refractivity contribution in [3.05, 3.63) is 30.1 Å². The summed E-state index contributed by atoms with van der Waals surface area (Å²) in [5.74, 6) is -0.535. The van der Waals surface area contributed by atoms with Crippen LogP contribution in [0.2, 0.25) is 0 Å². The van der Waals surface area contributed by atoms with Crippen molar-refractivity contribution in [1.29, 1.82) is 0 Å². The summed E-state index contributed by atoms with van der Waals surface area (Å²) in [7, 11) is -3.02. The first-order chi connectivity index (χ1) is 8.48. The van der Waals surface area contributed by atoms with Gasteiger partial charge in [-0.1, -0.05) is 6.07 Å². The second kappa shape index (κ2) is 5.06. The standard InChI is InChI=1S/C12H16N2O3S/c1-9(11-4-2-3-6-13-11)14-12(15)10-5-7-18(16,17)8-10/h2-4,6,9-10H,5,7-8H2,1H3,(H,14,15). The molecule has 0 bridgehead atoms. The van der Waals surface area contributed by atoms with Gasteiger partial charge in [0, 0.05) is 6.20 Å². The minimum Gasteiger partial charge on any atom is -0.348 e. The van der Waals surface area contributed by atoms with Crippen LogP contribution in [0.1, 0.15) is 25.1 Å². The topological polar surface area (TPSA) is 76.1 Å². The van der Waals surface area contributed by atoms with Gasteiger partial charge in [0.1, 0.15) is 0 Å². The lowest BCUT2D eigenvalue weighted by Crippen LogP contribution is -2.33. The smallest absolute Gasteiger partial charge is 0.224 e. The molecule has 98 valence electrons. The Morgan fingerprint density at radius 3 is 2.83 bits per heavy atom. The molecule has 0 aliphatic carbocycles. The average Bonchev–Trinajstić information content (AvgIpc) is 2.71. The molecule has 2 atom stereocenters. The van der Waals surface area contributed by atoms with E-state index in [1.807, 2.05) is 25.1 Å². The van der Waals surface area contributed by atoms with Crippen molar-refractivity contribution >= 4 is 15.7 Å². The van der Waals surface area contributed by atoms with E-state index in [0.29, 0.717) is 6.42 Å². The molecule has 2 rings (SSSR count). The van der Waals surface area contributed by atoms with E-state index >= 15 is 0 Å². The molecule has 1 N–H and O–H groups in total. The predicted molar refractivity (Wildman–Crippen MR) is 67.6 cm³/mol. The number of hydrogen-bond acceptors (Lipinski definition) is 4. The molecule has 1 saturated heterocycles. The zero-order valence-corrected chi connectivity index (χ0v) is 11.0. The number of aromatic nitrogens is 1. The maximum absolute atomic E-state index is 11.9. The van der Waals surface area contributed by atoms with Crippen LogP contribution in [0.15, 0.2) is 24.4 Å². The van der Waals surface area contributed by atoms with Gasteiger partial charge < -0.3 is 5.32 Å². The number of carbonyl (C=O) groups is 1. The highest BCUT2D eigenvalue weighted by molar-refractivity contribution is 7.91. The second-order valence-electron chi connectivity index (χ2n) is 4.58. The van der Waals surface area contributed by atoms with Gasteiger partial charge in [0.05, 0.1) is 29.2 Å². The van der Waals surface area contributed by atoms with Gasteiger partial charge in [-0.3, -0.25) is 9.78 Å². The Kier molecular flexibility index (Phi) is 3.65. The Bertz CT molecular complexity index is 528. The van der Waals surface area contributed by atoms with Gasteiger partial charge >= 0.3 is 0 Å². The Labute approximate surface area is 107 Å². The summed E-state index contributed by atoms with van der Waals surface area (Å²) in [6, 6.07) is 5.28. The van der Waals surface area contributed by atoms with E-state index in [-0.39, 0.29) is 23.5 Å². The van der Waals surface area contributed by atoms with E-state index in [1.54, 1.807) is 6.20 Å². The third kappa shape index (κ3) is 3.07. The molecule has 1 aromatic rings. The number of nitrogens with one attached hydrogen (secondary N) is 1. The Hall–Kier alpha value is -1.43. The number of hydrogen-bond donors (Lipinski definition) is 1. The van der Waals surface area contributed by atoms with Gasteiger partial charge in [0.15, 0.2) is 9.84 Å². The molecule has 1 aliphatic heterocycles. The van der Waals surface area contributed by atoms with Crippen LogP contribution in [0.25, 0.3) is 0 Å². The quantitative estimate of drug-likeness (QED) is 0.875. The van der Waals surface area contributed by atoms with Crippen molar-refractivity contribution < 1.29 is 13.2 Å². The lowest BCUT2D eigenvalue weighted by molar-refractivity contribution is -0.124. The zero-order valence-electron chi connectivity index (χ0n) is 10.2. The van der Waals surface area contributed by atoms with Gasteiger partial charge in [0.25, 0.3) is 0 Å². The minimum absolute atomic E-state index is 0.0340. The SMILES string of the molecule is CC(NC(=O)C1CCS(=O)(=O)C1)c1ccccn1. The summed E-state index contributed by atoms with van der Waals surface area (Å²) in [4.78, 5) is 16.1. The van der Waals surface area contributed by atoms with E-state index in [0.717, 1.165) is 5.69 Å². The fraction of sp³-hybridized carbons (Fsp3) is 0.500. The number of pyridine rings is 1. The van der Waals surface area contributed by atoms with Crippen LogP contribution < -0.4 is 5.32 Å². The zero-order chi connectivity index (χ0) is 13.2. The number of sulfone groups is 1. The molecular weight excluding hydrogens is 252 g/mol. The van der Waals surface area contributed by atoms with E-state index < -0.39 is 15.8 Å². The maximum Gasteiger partial charge on any atom is 0.224 e. The molecule has 1 aromatic heterocycles. The van der Waals surface area contributed by atoms with Crippen LogP contribution in [-0.2, 0) is 14.6 Å². The molecule has 2 unspecified atom stereocenters. The van der Waals surface area contributed by atoms with E-state index in [9.17, 15) is 13.2 Å². The van der Waals surface area contributed by atoms with Crippen molar-refractivity contribution in [2.45, 2.75) is 19.4 Å². The minimum atomic E-state index is -3.02. The van der Waals surface area contributed by atoms with Crippen molar-refractivity contribution in [2.24, 2.45) is 5.92 Å². The van der Waals surface area contributed by atoms with Crippen LogP contribution in [0.4, 0.5) is 0 Å². The van der Waals surface area contributed by atoms with Crippen LogP contribution in [0.5, 0.6) is 0 Å². The van der Waals surface area contributed by atoms with Gasteiger partial charge in [-0.2, -0.15) is 0 Å². The fourth-order valence-electron chi connectivity index (χ4n) is 2.04. The fourth-order valence-corrected chi connectivity index (χ4v) is 3.78. The summed E-state index contributed by atoms with van der Waals surface area (Å²) < 4.78 is 22.6. The molecule has 1 fully saturated rings. The molecular formula is C12H16N2O3S. The van der Waals surface area contributed by atoms with Gasteiger partial charge in [-0.15, -0.1) is 0 Å². The van der Waals surface area contributed by atoms with Gasteiger partial charge in [-0.25, -0.2) is 8.42 Å². The first kappa shape index (κ1) is 13.0. The summed E-state index contributed by atoms with van der Waals surface area (Å²) in [5, 5.41) is 2.81. The van der Waals surface area contributed by atoms with Crippen LogP contribution >= 0.6 is 0 Å². The third-order valence-electron chi connectivity index (χ3n) is 3.09. The summed E-state index contributed by atoms with van der Waals surface area (Å²) in [5.41, 5.74) is 0.770. The largest absolute Gasteiger partial charge is 0.348 e. The summed E-state index contributed by atoms with van der Waals surface area (Å²) in [6.45, 7) is 1.84. The first-order valence-electron chi connectivity index (χ1n) is 5.90. The molecule has 1 amide bonds. The number of carbonyl (C=O) groups excluding carboxylic acids is 1. The van der Waals surface area contributed by atoms with E-state index in [2.05, 4.69) is 10.3 Å². The maximum atomic E-state index is 11.9.